The Kier molecular flexibility index (Phi) is 3.54. The Morgan fingerprint density at radius 2 is 1.00 bits per heavy atom. The third-order valence-corrected chi connectivity index (χ3v) is 7.54. The molecular formula is C39H25N5. The molecule has 0 N–H and O–H groups in total. The van der Waals surface area contributed by atoms with Crippen LogP contribution in [-0.4, -0.2) is 24.1 Å². The van der Waals surface area contributed by atoms with Crippen LogP contribution in [0.1, 0.15) is 15.1 Å². The Hall–Kier alpha value is -6.07. The second-order valence-corrected chi connectivity index (χ2v) is 10.1. The number of para-hydroxylation sites is 3. The molecule has 0 amide bonds. The van der Waals surface area contributed by atoms with Crippen molar-refractivity contribution in [1.82, 2.24) is 24.1 Å². The van der Waals surface area contributed by atoms with Crippen molar-refractivity contribution < 1.29 is 15.1 Å². The van der Waals surface area contributed by atoms with E-state index < -0.39 is 30.2 Å². The van der Waals surface area contributed by atoms with Gasteiger partial charge in [-0.05, 0) is 36.3 Å². The first-order valence-corrected chi connectivity index (χ1v) is 13.8. The lowest BCUT2D eigenvalue weighted by molar-refractivity contribution is 0.954. The molecule has 0 radical (unpaired) electrons. The molecule has 0 aliphatic carbocycles. The van der Waals surface area contributed by atoms with Gasteiger partial charge in [0, 0.05) is 38.4 Å². The van der Waals surface area contributed by atoms with Crippen LogP contribution >= 0.6 is 0 Å². The van der Waals surface area contributed by atoms with E-state index in [4.69, 9.17) is 22.3 Å². The highest BCUT2D eigenvalue weighted by atomic mass is 15.2. The molecule has 0 spiro atoms. The highest BCUT2D eigenvalue weighted by Gasteiger charge is 2.20. The Balaban J connectivity index is 1.51. The lowest BCUT2D eigenvalue weighted by atomic mass is 10.1. The second kappa shape index (κ2) is 9.75. The van der Waals surface area contributed by atoms with E-state index >= 15 is 0 Å². The zero-order valence-corrected chi connectivity index (χ0v) is 22.8. The van der Waals surface area contributed by atoms with Crippen molar-refractivity contribution in [2.75, 3.05) is 0 Å². The highest BCUT2D eigenvalue weighted by molar-refractivity contribution is 6.18. The summed E-state index contributed by atoms with van der Waals surface area (Å²) in [6.45, 7) is 0. The molecule has 0 aliphatic rings. The van der Waals surface area contributed by atoms with E-state index in [9.17, 15) is 2.74 Å². The van der Waals surface area contributed by atoms with E-state index in [1.165, 1.54) is 22.8 Å². The molecule has 0 fully saturated rings. The van der Waals surface area contributed by atoms with Gasteiger partial charge in [0.15, 0.2) is 11.6 Å². The normalized spacial score (nSPS) is 15.1. The molecule has 9 rings (SSSR count). The fraction of sp³-hybridized carbons (Fsp3) is 0. The molecule has 3 aromatic heterocycles. The third kappa shape index (κ3) is 3.76. The van der Waals surface area contributed by atoms with E-state index in [-0.39, 0.29) is 86.6 Å². The minimum Gasteiger partial charge on any atom is -0.309 e. The van der Waals surface area contributed by atoms with Crippen molar-refractivity contribution in [1.29, 1.82) is 0 Å². The molecule has 0 saturated heterocycles. The van der Waals surface area contributed by atoms with Gasteiger partial charge in [-0.3, -0.25) is 4.57 Å². The van der Waals surface area contributed by atoms with Crippen LogP contribution in [0.15, 0.2) is 151 Å². The first kappa shape index (κ1) is 16.0. The van der Waals surface area contributed by atoms with Crippen LogP contribution in [0.5, 0.6) is 0 Å². The number of hydrogen-bond donors (Lipinski definition) is 0. The van der Waals surface area contributed by atoms with Gasteiger partial charge in [0.1, 0.15) is 0 Å². The van der Waals surface area contributed by atoms with Gasteiger partial charge < -0.3 is 4.57 Å². The van der Waals surface area contributed by atoms with Crippen LogP contribution in [0, 0.1) is 0 Å². The Labute approximate surface area is 268 Å². The third-order valence-electron chi connectivity index (χ3n) is 7.54. The number of hydrogen-bond acceptors (Lipinski definition) is 3. The Morgan fingerprint density at radius 1 is 0.432 bits per heavy atom. The summed E-state index contributed by atoms with van der Waals surface area (Å²) in [7, 11) is 0. The van der Waals surface area contributed by atoms with Gasteiger partial charge in [-0.15, -0.1) is 0 Å². The van der Waals surface area contributed by atoms with Gasteiger partial charge in [0.25, 0.3) is 0 Å². The zero-order chi connectivity index (χ0) is 38.6. The molecule has 0 aliphatic heterocycles. The molecule has 0 bridgehead atoms. The van der Waals surface area contributed by atoms with Crippen molar-refractivity contribution in [3.8, 4) is 34.4 Å². The predicted octanol–water partition coefficient (Wildman–Crippen LogP) is 9.40. The van der Waals surface area contributed by atoms with Crippen molar-refractivity contribution in [3.05, 3.63) is 151 Å². The summed E-state index contributed by atoms with van der Waals surface area (Å²) in [6.07, 6.45) is 0. The van der Waals surface area contributed by atoms with Gasteiger partial charge in [0.05, 0.1) is 37.1 Å². The molecular weight excluding hydrogens is 538 g/mol. The average molecular weight is 575 g/mol. The minimum absolute atomic E-state index is 0.0149. The summed E-state index contributed by atoms with van der Waals surface area (Å²) in [6, 6.07) is 20.6. The fourth-order valence-corrected chi connectivity index (χ4v) is 5.63. The number of aromatic nitrogens is 5. The van der Waals surface area contributed by atoms with E-state index in [2.05, 4.69) is 4.98 Å². The van der Waals surface area contributed by atoms with Crippen LogP contribution in [0.3, 0.4) is 0 Å². The summed E-state index contributed by atoms with van der Waals surface area (Å²) in [5.41, 5.74) is 1.79. The molecule has 3 heterocycles. The zero-order valence-electron chi connectivity index (χ0n) is 33.8. The number of nitrogens with zero attached hydrogens (tertiary/aromatic N) is 5. The smallest absolute Gasteiger partial charge is 0.238 e. The maximum atomic E-state index is 9.91. The molecule has 5 heteroatoms. The minimum atomic E-state index is -0.587. The molecule has 0 atom stereocenters. The molecule has 6 aromatic carbocycles. The number of rotatable bonds is 4. The fourth-order valence-electron chi connectivity index (χ4n) is 5.63. The molecule has 5 nitrogen and oxygen atoms in total. The average Bonchev–Trinajstić information content (AvgIpc) is 3.71. The molecule has 44 heavy (non-hydrogen) atoms. The van der Waals surface area contributed by atoms with Gasteiger partial charge in [-0.1, -0.05) is 115 Å². The lowest BCUT2D eigenvalue weighted by Crippen LogP contribution is -2.06. The Bertz CT molecular complexity index is 3080. The van der Waals surface area contributed by atoms with Crippen LogP contribution in [-0.2, 0) is 0 Å². The molecule has 206 valence electrons. The van der Waals surface area contributed by atoms with Crippen LogP contribution < -0.4 is 0 Å². The van der Waals surface area contributed by atoms with E-state index in [0.717, 1.165) is 0 Å². The molecule has 9 aromatic rings. The summed E-state index contributed by atoms with van der Waals surface area (Å²) >= 11 is 0. The largest absolute Gasteiger partial charge is 0.309 e. The van der Waals surface area contributed by atoms with E-state index in [0.29, 0.717) is 27.7 Å². The SMILES string of the molecule is [2H]c1cc([2H])c2c(c1)c1c([2H])c3c(c([2H])c1n2-c1ccccc1)c1cc([2H])cc([2H])c1n3-c1nc(-c2ccccc2)nc(-c2c([2H])c([2H])c([2H])c([2H])c2[2H])n1. The van der Waals surface area contributed by atoms with Crippen molar-refractivity contribution in [2.24, 2.45) is 0 Å². The first-order valence-electron chi connectivity index (χ1n) is 19.3. The summed E-state index contributed by atoms with van der Waals surface area (Å²) in [5, 5.41) is 1.15. The van der Waals surface area contributed by atoms with Gasteiger partial charge in [0.2, 0.25) is 5.95 Å². The predicted molar refractivity (Wildman–Crippen MR) is 179 cm³/mol. The molecule has 0 unspecified atom stereocenters. The summed E-state index contributed by atoms with van der Waals surface area (Å²) in [5.74, 6) is -0.344. The standard InChI is InChI=1S/C39H25N5/c1-4-14-26(15-5-1)37-40-38(27-16-6-2-7-17-27)42-39(41-37)44-34-23-13-11-21-30(34)32-24-35-31(25-36(32)44)29-20-10-12-22-33(29)43(35)28-18-8-3-9-19-28/h1-25H/i1D,4D,5D,10D,11D,14D,15D,22D,23D,24D,25D. The van der Waals surface area contributed by atoms with Crippen molar-refractivity contribution in [3.63, 3.8) is 0 Å². The maximum Gasteiger partial charge on any atom is 0.238 e. The van der Waals surface area contributed by atoms with Crippen LogP contribution in [0.25, 0.3) is 78.0 Å². The monoisotopic (exact) mass is 574 g/mol. The van der Waals surface area contributed by atoms with Crippen LogP contribution in [0.4, 0.5) is 0 Å². The Morgan fingerprint density at radius 3 is 1.66 bits per heavy atom. The first-order chi connectivity index (χ1) is 26.4. The van der Waals surface area contributed by atoms with Gasteiger partial charge in [-0.2, -0.15) is 9.97 Å². The number of benzene rings is 6. The highest BCUT2D eigenvalue weighted by Crippen LogP contribution is 2.39. The van der Waals surface area contributed by atoms with Crippen molar-refractivity contribution >= 4 is 43.6 Å². The van der Waals surface area contributed by atoms with Crippen molar-refractivity contribution in [2.45, 2.75) is 0 Å². The van der Waals surface area contributed by atoms with E-state index in [1.807, 2.05) is 30.3 Å². The van der Waals surface area contributed by atoms with Gasteiger partial charge >= 0.3 is 0 Å². The summed E-state index contributed by atoms with van der Waals surface area (Å²) < 4.78 is 100. The lowest BCUT2D eigenvalue weighted by Gasteiger charge is -2.11. The quantitative estimate of drug-likeness (QED) is 0.210. The molecule has 0 saturated carbocycles. The van der Waals surface area contributed by atoms with E-state index in [1.54, 1.807) is 41.0 Å². The summed E-state index contributed by atoms with van der Waals surface area (Å²) in [4.78, 5) is 14.1. The topological polar surface area (TPSA) is 48.5 Å². The van der Waals surface area contributed by atoms with Gasteiger partial charge in [-0.25, -0.2) is 4.98 Å². The maximum absolute atomic E-state index is 9.91. The second-order valence-electron chi connectivity index (χ2n) is 10.1. The van der Waals surface area contributed by atoms with Crippen LogP contribution in [0.2, 0.25) is 0 Å². The number of fused-ring (bicyclic) bond motifs is 6.